The van der Waals surface area contributed by atoms with Crippen molar-refractivity contribution >= 4 is 10.0 Å². The van der Waals surface area contributed by atoms with Gasteiger partial charge in [0.15, 0.2) is 5.82 Å². The number of aromatic nitrogens is 3. The van der Waals surface area contributed by atoms with Gasteiger partial charge in [-0.1, -0.05) is 36.4 Å². The molecule has 2 aromatic heterocycles. The number of rotatable bonds is 7. The predicted octanol–water partition coefficient (Wildman–Crippen LogP) is 2.55. The van der Waals surface area contributed by atoms with Crippen LogP contribution in [-0.2, 0) is 22.2 Å². The minimum atomic E-state index is -3.37. The van der Waals surface area contributed by atoms with Crippen molar-refractivity contribution in [3.8, 4) is 5.82 Å². The summed E-state index contributed by atoms with van der Waals surface area (Å²) in [6, 6.07) is 14.8. The summed E-state index contributed by atoms with van der Waals surface area (Å²) in [6.07, 6.45) is 2.31. The zero-order valence-corrected chi connectivity index (χ0v) is 15.7. The van der Waals surface area contributed by atoms with Crippen LogP contribution in [0.2, 0.25) is 0 Å². The SMILES string of the molecule is Cc1nn(-c2ccccn2)c(C)c1CCNS(=O)(=O)Cc1ccccc1. The van der Waals surface area contributed by atoms with Crippen LogP contribution in [0.4, 0.5) is 0 Å². The topological polar surface area (TPSA) is 76.9 Å². The molecule has 0 bridgehead atoms. The number of hydrogen-bond donors (Lipinski definition) is 1. The molecule has 7 heteroatoms. The average molecular weight is 370 g/mol. The summed E-state index contributed by atoms with van der Waals surface area (Å²) in [5.74, 6) is 0.739. The number of pyridine rings is 1. The number of hydrogen-bond acceptors (Lipinski definition) is 4. The smallest absolute Gasteiger partial charge is 0.215 e. The van der Waals surface area contributed by atoms with Crippen molar-refractivity contribution in [3.05, 3.63) is 77.2 Å². The Kier molecular flexibility index (Phi) is 5.49. The number of aryl methyl sites for hydroxylation is 1. The minimum absolute atomic E-state index is 0.0149. The summed E-state index contributed by atoms with van der Waals surface area (Å²) in [5.41, 5.74) is 3.67. The van der Waals surface area contributed by atoms with Gasteiger partial charge in [0.25, 0.3) is 0 Å². The van der Waals surface area contributed by atoms with Gasteiger partial charge in [-0.05, 0) is 43.5 Å². The maximum atomic E-state index is 12.2. The Hall–Kier alpha value is -2.51. The van der Waals surface area contributed by atoms with Crippen LogP contribution in [0, 0.1) is 13.8 Å². The first-order chi connectivity index (χ1) is 12.5. The summed E-state index contributed by atoms with van der Waals surface area (Å²) >= 11 is 0. The lowest BCUT2D eigenvalue weighted by Gasteiger charge is -2.08. The van der Waals surface area contributed by atoms with E-state index in [1.165, 1.54) is 0 Å². The largest absolute Gasteiger partial charge is 0.237 e. The molecule has 0 unspecified atom stereocenters. The number of sulfonamides is 1. The summed E-state index contributed by atoms with van der Waals surface area (Å²) in [7, 11) is -3.37. The zero-order valence-electron chi connectivity index (χ0n) is 14.9. The minimum Gasteiger partial charge on any atom is -0.237 e. The molecule has 0 spiro atoms. The van der Waals surface area contributed by atoms with Gasteiger partial charge in [-0.2, -0.15) is 5.10 Å². The monoisotopic (exact) mass is 370 g/mol. The van der Waals surface area contributed by atoms with Crippen LogP contribution in [0.3, 0.4) is 0 Å². The third kappa shape index (κ3) is 4.36. The molecular weight excluding hydrogens is 348 g/mol. The van der Waals surface area contributed by atoms with Crippen LogP contribution in [0.1, 0.15) is 22.5 Å². The second kappa shape index (κ2) is 7.80. The molecule has 0 amide bonds. The van der Waals surface area contributed by atoms with Crippen LogP contribution < -0.4 is 4.72 Å². The summed E-state index contributed by atoms with van der Waals surface area (Å²) in [4.78, 5) is 4.32. The Balaban J connectivity index is 1.66. The van der Waals surface area contributed by atoms with Crippen LogP contribution >= 0.6 is 0 Å². The average Bonchev–Trinajstić information content (AvgIpc) is 2.91. The molecule has 0 saturated carbocycles. The van der Waals surface area contributed by atoms with Crippen molar-refractivity contribution in [1.82, 2.24) is 19.5 Å². The van der Waals surface area contributed by atoms with E-state index in [0.29, 0.717) is 13.0 Å². The van der Waals surface area contributed by atoms with Crippen LogP contribution in [0.25, 0.3) is 5.82 Å². The van der Waals surface area contributed by atoms with E-state index in [0.717, 1.165) is 28.3 Å². The molecule has 26 heavy (non-hydrogen) atoms. The second-order valence-electron chi connectivity index (χ2n) is 6.14. The highest BCUT2D eigenvalue weighted by Gasteiger charge is 2.15. The number of nitrogens with one attached hydrogen (secondary N) is 1. The molecule has 1 aromatic carbocycles. The fourth-order valence-electron chi connectivity index (χ4n) is 2.92. The molecule has 0 aliphatic heterocycles. The van der Waals surface area contributed by atoms with Crippen molar-refractivity contribution < 1.29 is 8.42 Å². The van der Waals surface area contributed by atoms with E-state index in [-0.39, 0.29) is 5.75 Å². The molecule has 0 aliphatic rings. The van der Waals surface area contributed by atoms with Crippen molar-refractivity contribution in [2.45, 2.75) is 26.0 Å². The Morgan fingerprint density at radius 3 is 2.46 bits per heavy atom. The van der Waals surface area contributed by atoms with Crippen molar-refractivity contribution in [2.24, 2.45) is 0 Å². The molecule has 3 aromatic rings. The quantitative estimate of drug-likeness (QED) is 0.693. The lowest BCUT2D eigenvalue weighted by molar-refractivity contribution is 0.580. The fraction of sp³-hybridized carbons (Fsp3) is 0.263. The molecule has 0 radical (unpaired) electrons. The second-order valence-corrected chi connectivity index (χ2v) is 7.94. The molecular formula is C19H22N4O2S. The zero-order chi connectivity index (χ0) is 18.6. The molecule has 1 N–H and O–H groups in total. The summed E-state index contributed by atoms with van der Waals surface area (Å²) in [5, 5.41) is 4.54. The number of nitrogens with zero attached hydrogens (tertiary/aromatic N) is 3. The molecule has 2 heterocycles. The molecule has 3 rings (SSSR count). The Labute approximate surface area is 154 Å². The fourth-order valence-corrected chi connectivity index (χ4v) is 4.06. The van der Waals surface area contributed by atoms with E-state index in [9.17, 15) is 8.42 Å². The lowest BCUT2D eigenvalue weighted by Crippen LogP contribution is -2.27. The molecule has 136 valence electrons. The van der Waals surface area contributed by atoms with Gasteiger partial charge in [-0.25, -0.2) is 22.8 Å². The maximum Gasteiger partial charge on any atom is 0.215 e. The lowest BCUT2D eigenvalue weighted by atomic mass is 10.1. The van der Waals surface area contributed by atoms with E-state index in [2.05, 4.69) is 14.8 Å². The predicted molar refractivity (Wildman–Crippen MR) is 102 cm³/mol. The van der Waals surface area contributed by atoms with Gasteiger partial charge in [0, 0.05) is 18.4 Å². The first-order valence-corrected chi connectivity index (χ1v) is 10.1. The van der Waals surface area contributed by atoms with E-state index in [4.69, 9.17) is 0 Å². The van der Waals surface area contributed by atoms with Crippen molar-refractivity contribution in [1.29, 1.82) is 0 Å². The van der Waals surface area contributed by atoms with E-state index in [1.807, 2.05) is 62.4 Å². The Morgan fingerprint density at radius 1 is 1.04 bits per heavy atom. The van der Waals surface area contributed by atoms with Crippen LogP contribution in [-0.4, -0.2) is 29.7 Å². The van der Waals surface area contributed by atoms with Crippen LogP contribution in [0.5, 0.6) is 0 Å². The van der Waals surface area contributed by atoms with Gasteiger partial charge >= 0.3 is 0 Å². The van der Waals surface area contributed by atoms with E-state index >= 15 is 0 Å². The van der Waals surface area contributed by atoms with Gasteiger partial charge in [-0.15, -0.1) is 0 Å². The Morgan fingerprint density at radius 2 is 1.77 bits per heavy atom. The highest BCUT2D eigenvalue weighted by Crippen LogP contribution is 2.17. The van der Waals surface area contributed by atoms with Crippen molar-refractivity contribution in [2.75, 3.05) is 6.54 Å². The van der Waals surface area contributed by atoms with Gasteiger partial charge in [0.2, 0.25) is 10.0 Å². The molecule has 0 atom stereocenters. The molecule has 6 nitrogen and oxygen atoms in total. The number of benzene rings is 1. The maximum absolute atomic E-state index is 12.2. The molecule has 0 saturated heterocycles. The highest BCUT2D eigenvalue weighted by molar-refractivity contribution is 7.88. The molecule has 0 aliphatic carbocycles. The third-order valence-corrected chi connectivity index (χ3v) is 5.56. The van der Waals surface area contributed by atoms with Gasteiger partial charge in [0.05, 0.1) is 11.4 Å². The first-order valence-electron chi connectivity index (χ1n) is 8.44. The first kappa shape index (κ1) is 18.3. The van der Waals surface area contributed by atoms with E-state index in [1.54, 1.807) is 10.9 Å². The highest BCUT2D eigenvalue weighted by atomic mass is 32.2. The standard InChI is InChI=1S/C19H22N4O2S/c1-15-18(16(2)23(22-15)19-10-6-7-12-20-19)11-13-21-26(24,25)14-17-8-4-3-5-9-17/h3-10,12,21H,11,13-14H2,1-2H3. The van der Waals surface area contributed by atoms with Gasteiger partial charge in [-0.3, -0.25) is 0 Å². The van der Waals surface area contributed by atoms with E-state index < -0.39 is 10.0 Å². The summed E-state index contributed by atoms with van der Waals surface area (Å²) < 4.78 is 29.0. The van der Waals surface area contributed by atoms with Crippen molar-refractivity contribution in [3.63, 3.8) is 0 Å². The van der Waals surface area contributed by atoms with Gasteiger partial charge in [0.1, 0.15) is 0 Å². The molecule has 0 fully saturated rings. The van der Waals surface area contributed by atoms with Crippen LogP contribution in [0.15, 0.2) is 54.7 Å². The summed E-state index contributed by atoms with van der Waals surface area (Å²) in [6.45, 7) is 4.24. The Bertz CT molecular complexity index is 968. The van der Waals surface area contributed by atoms with Gasteiger partial charge < -0.3 is 0 Å². The third-order valence-electron chi connectivity index (χ3n) is 4.20. The normalized spacial score (nSPS) is 11.6.